The van der Waals surface area contributed by atoms with E-state index in [0.29, 0.717) is 5.75 Å². The second-order valence-electron chi connectivity index (χ2n) is 6.08. The van der Waals surface area contributed by atoms with Crippen molar-refractivity contribution in [2.24, 2.45) is 0 Å². The Kier molecular flexibility index (Phi) is 8.43. The van der Waals surface area contributed by atoms with Crippen LogP contribution in [0.1, 0.15) is 11.1 Å². The van der Waals surface area contributed by atoms with E-state index in [4.69, 9.17) is 9.84 Å². The molecular weight excluding hydrogens is 610 g/mol. The van der Waals surface area contributed by atoms with E-state index in [1.54, 1.807) is 11.8 Å². The number of hydrogen-bond acceptors (Lipinski definition) is 3. The van der Waals surface area contributed by atoms with Crippen molar-refractivity contribution in [2.45, 2.75) is 4.90 Å². The van der Waals surface area contributed by atoms with Crippen molar-refractivity contribution in [2.75, 3.05) is 12.4 Å². The highest BCUT2D eigenvalue weighted by molar-refractivity contribution is 14.1. The molecule has 0 fully saturated rings. The third-order valence-electron chi connectivity index (χ3n) is 4.03. The van der Waals surface area contributed by atoms with E-state index in [1.165, 1.54) is 20.3 Å². The van der Waals surface area contributed by atoms with Crippen LogP contribution < -0.4 is 4.74 Å². The van der Waals surface area contributed by atoms with Crippen molar-refractivity contribution < 1.29 is 14.6 Å². The Labute approximate surface area is 201 Å². The number of carboxylic acid groups (broad SMARTS) is 1. The van der Waals surface area contributed by atoms with Gasteiger partial charge >= 0.3 is 5.97 Å². The molecule has 0 spiro atoms. The molecule has 0 aliphatic rings. The van der Waals surface area contributed by atoms with Gasteiger partial charge in [0.2, 0.25) is 0 Å². The summed E-state index contributed by atoms with van der Waals surface area (Å²) in [4.78, 5) is 11.8. The maximum Gasteiger partial charge on any atom is 0.341 e. The van der Waals surface area contributed by atoms with Crippen LogP contribution in [0.2, 0.25) is 0 Å². The van der Waals surface area contributed by atoms with Gasteiger partial charge in [-0.1, -0.05) is 48.5 Å². The van der Waals surface area contributed by atoms with E-state index in [1.807, 2.05) is 24.3 Å². The number of ether oxygens (including phenoxy) is 1. The summed E-state index contributed by atoms with van der Waals surface area (Å²) in [5.41, 5.74) is 3.61. The molecule has 6 heteroatoms. The predicted molar refractivity (Wildman–Crippen MR) is 136 cm³/mol. The molecule has 0 aromatic heterocycles. The molecule has 0 unspecified atom stereocenters. The molecule has 0 saturated carbocycles. The van der Waals surface area contributed by atoms with Gasteiger partial charge in [-0.05, 0) is 92.2 Å². The Hall–Kier alpha value is -1.52. The fourth-order valence-corrected chi connectivity index (χ4v) is 4.80. The van der Waals surface area contributed by atoms with Gasteiger partial charge in [-0.15, -0.1) is 11.8 Å². The van der Waals surface area contributed by atoms with Crippen LogP contribution in [0.25, 0.3) is 5.57 Å². The molecule has 0 saturated heterocycles. The van der Waals surface area contributed by atoms with Crippen LogP contribution in [0.5, 0.6) is 5.75 Å². The van der Waals surface area contributed by atoms with Gasteiger partial charge in [-0.2, -0.15) is 0 Å². The highest BCUT2D eigenvalue weighted by Crippen LogP contribution is 2.30. The highest BCUT2D eigenvalue weighted by atomic mass is 127. The molecule has 3 aromatic rings. The van der Waals surface area contributed by atoms with Gasteiger partial charge in [0.25, 0.3) is 0 Å². The lowest BCUT2D eigenvalue weighted by Gasteiger charge is -2.10. The van der Waals surface area contributed by atoms with Crippen LogP contribution >= 0.6 is 56.9 Å². The number of aliphatic carboxylic acids is 1. The zero-order chi connectivity index (χ0) is 20.6. The van der Waals surface area contributed by atoms with Crippen molar-refractivity contribution >= 4 is 68.5 Å². The smallest absolute Gasteiger partial charge is 0.341 e. The summed E-state index contributed by atoms with van der Waals surface area (Å²) < 4.78 is 7.50. The van der Waals surface area contributed by atoms with Gasteiger partial charge < -0.3 is 9.84 Å². The summed E-state index contributed by atoms with van der Waals surface area (Å²) in [6.45, 7) is -0.332. The second kappa shape index (κ2) is 11.0. The van der Waals surface area contributed by atoms with Crippen LogP contribution in [-0.4, -0.2) is 23.4 Å². The van der Waals surface area contributed by atoms with E-state index in [0.717, 1.165) is 14.2 Å². The quantitative estimate of drug-likeness (QED) is 0.226. The number of halogens is 2. The molecule has 0 atom stereocenters. The van der Waals surface area contributed by atoms with E-state index < -0.39 is 5.97 Å². The van der Waals surface area contributed by atoms with Gasteiger partial charge in [-0.25, -0.2) is 4.79 Å². The third-order valence-corrected chi connectivity index (χ3v) is 7.01. The third kappa shape index (κ3) is 6.75. The highest BCUT2D eigenvalue weighted by Gasteiger charge is 2.07. The molecule has 3 aromatic carbocycles. The molecule has 0 heterocycles. The molecule has 0 radical (unpaired) electrons. The molecule has 0 aliphatic heterocycles. The van der Waals surface area contributed by atoms with Crippen LogP contribution in [0.4, 0.5) is 0 Å². The number of carboxylic acids is 1. The fraction of sp³-hybridized carbons (Fsp3) is 0.0870. The maximum atomic E-state index is 10.6. The summed E-state index contributed by atoms with van der Waals surface area (Å²) >= 11 is 6.32. The topological polar surface area (TPSA) is 46.5 Å². The minimum atomic E-state index is -0.979. The lowest BCUT2D eigenvalue weighted by atomic mass is 9.98. The van der Waals surface area contributed by atoms with Crippen molar-refractivity contribution in [1.82, 2.24) is 0 Å². The summed E-state index contributed by atoms with van der Waals surface area (Å²) in [7, 11) is 0. The maximum absolute atomic E-state index is 10.6. The molecule has 3 nitrogen and oxygen atoms in total. The van der Waals surface area contributed by atoms with Gasteiger partial charge in [0.05, 0.1) is 0 Å². The molecule has 3 rings (SSSR count). The van der Waals surface area contributed by atoms with Crippen LogP contribution in [0.15, 0.2) is 83.8 Å². The van der Waals surface area contributed by atoms with Gasteiger partial charge in [0, 0.05) is 17.8 Å². The average molecular weight is 628 g/mol. The standard InChI is InChI=1S/C23H18I2O3S/c24-18-8-6-17(7-9-18)20(16-4-2-1-3-5-16)12-13-29-22-11-10-19(14-21(22)25)28-15-23(26)27/h1-12,14H,13,15H2,(H,26,27)/b20-12-. The first-order chi connectivity index (χ1) is 14.0. The Morgan fingerprint density at radius 2 is 1.66 bits per heavy atom. The van der Waals surface area contributed by atoms with Crippen LogP contribution in [-0.2, 0) is 4.79 Å². The van der Waals surface area contributed by atoms with Crippen molar-refractivity contribution in [3.05, 3.63) is 97.1 Å². The Morgan fingerprint density at radius 1 is 0.966 bits per heavy atom. The summed E-state index contributed by atoms with van der Waals surface area (Å²) in [5, 5.41) is 8.73. The molecule has 0 aliphatic carbocycles. The Bertz CT molecular complexity index is 1000. The summed E-state index contributed by atoms with van der Waals surface area (Å²) in [6, 6.07) is 24.6. The molecule has 0 bridgehead atoms. The van der Waals surface area contributed by atoms with Crippen molar-refractivity contribution in [3.63, 3.8) is 0 Å². The largest absolute Gasteiger partial charge is 0.482 e. The first kappa shape index (κ1) is 22.2. The van der Waals surface area contributed by atoms with Crippen molar-refractivity contribution in [1.29, 1.82) is 0 Å². The normalized spacial score (nSPS) is 11.3. The Balaban J connectivity index is 1.76. The van der Waals surface area contributed by atoms with Crippen molar-refractivity contribution in [3.8, 4) is 5.75 Å². The molecule has 29 heavy (non-hydrogen) atoms. The predicted octanol–water partition coefficient (Wildman–Crippen LogP) is 6.58. The van der Waals surface area contributed by atoms with Gasteiger partial charge in [0.1, 0.15) is 5.75 Å². The van der Waals surface area contributed by atoms with E-state index in [-0.39, 0.29) is 6.61 Å². The van der Waals surface area contributed by atoms with E-state index in [2.05, 4.69) is 99.8 Å². The number of hydrogen-bond donors (Lipinski definition) is 1. The van der Waals surface area contributed by atoms with Gasteiger partial charge in [-0.3, -0.25) is 0 Å². The molecule has 148 valence electrons. The lowest BCUT2D eigenvalue weighted by Crippen LogP contribution is -2.09. The second-order valence-corrected chi connectivity index (χ2v) is 9.55. The lowest BCUT2D eigenvalue weighted by molar-refractivity contribution is -0.139. The Morgan fingerprint density at radius 3 is 2.31 bits per heavy atom. The minimum Gasteiger partial charge on any atom is -0.482 e. The van der Waals surface area contributed by atoms with Crippen LogP contribution in [0.3, 0.4) is 0 Å². The van der Waals surface area contributed by atoms with E-state index in [9.17, 15) is 4.79 Å². The number of benzene rings is 3. The minimum absolute atomic E-state index is 0.332. The number of thioether (sulfide) groups is 1. The number of carbonyl (C=O) groups is 1. The monoisotopic (exact) mass is 628 g/mol. The SMILES string of the molecule is O=C(O)COc1ccc(SC/C=C(/c2ccccc2)c2ccc(I)cc2)c(I)c1. The summed E-state index contributed by atoms with van der Waals surface area (Å²) in [6.07, 6.45) is 2.26. The summed E-state index contributed by atoms with van der Waals surface area (Å²) in [5.74, 6) is 0.412. The van der Waals surface area contributed by atoms with E-state index >= 15 is 0 Å². The molecule has 1 N–H and O–H groups in total. The zero-order valence-corrected chi connectivity index (χ0v) is 20.5. The first-order valence-electron chi connectivity index (χ1n) is 8.81. The zero-order valence-electron chi connectivity index (χ0n) is 15.3. The van der Waals surface area contributed by atoms with Crippen LogP contribution in [0, 0.1) is 7.14 Å². The average Bonchev–Trinajstić information content (AvgIpc) is 2.72. The van der Waals surface area contributed by atoms with Gasteiger partial charge in [0.15, 0.2) is 6.61 Å². The molecular formula is C23H18I2O3S. The first-order valence-corrected chi connectivity index (χ1v) is 12.0. The molecule has 0 amide bonds. The number of rotatable bonds is 8. The fourth-order valence-electron chi connectivity index (χ4n) is 2.70.